The van der Waals surface area contributed by atoms with Crippen molar-refractivity contribution in [3.8, 4) is 10.4 Å². The van der Waals surface area contributed by atoms with Gasteiger partial charge in [-0.05, 0) is 44.0 Å². The van der Waals surface area contributed by atoms with Gasteiger partial charge in [0.2, 0.25) is 0 Å². The van der Waals surface area contributed by atoms with Crippen LogP contribution in [-0.2, 0) is 4.74 Å². The molecule has 0 spiro atoms. The van der Waals surface area contributed by atoms with Crippen LogP contribution in [-0.4, -0.2) is 41.7 Å². The quantitative estimate of drug-likeness (QED) is 0.780. The summed E-state index contributed by atoms with van der Waals surface area (Å²) in [6.07, 6.45) is 1.28. The normalized spacial score (nSPS) is 23.1. The minimum absolute atomic E-state index is 0. The number of carbonyl (C=O) groups is 1. The molecule has 3 aliphatic heterocycles. The Morgan fingerprint density at radius 2 is 1.93 bits per heavy atom. The largest absolute Gasteiger partial charge is 0.444 e. The Morgan fingerprint density at radius 1 is 1.26 bits per heavy atom. The third-order valence-electron chi connectivity index (χ3n) is 4.83. The molecule has 9 heteroatoms. The molecule has 0 saturated carbocycles. The van der Waals surface area contributed by atoms with Crippen molar-refractivity contribution in [2.75, 3.05) is 25.0 Å². The number of nitrogens with one attached hydrogen (secondary N) is 1. The zero-order valence-electron chi connectivity index (χ0n) is 13.8. The van der Waals surface area contributed by atoms with Gasteiger partial charge >= 0.3 is 6.09 Å². The standard InChI is InChI=1S/C17H17F2N3O2S.CH4.ClH/c18-11-2-1-3-12(19)14(11)15-16(20-9-25-15)21-17(23)24-13-8-22-6-4-10(13)5-7-22;;/h1-3,9-10,13H,4-8H2,(H,21,23);1H4;1H/t13-;;/m0../s1. The second-order valence-corrected chi connectivity index (χ2v) is 7.19. The molecule has 148 valence electrons. The molecule has 4 heterocycles. The Kier molecular flexibility index (Phi) is 7.13. The Bertz CT molecular complexity index is 776. The number of anilines is 1. The van der Waals surface area contributed by atoms with E-state index in [1.54, 1.807) is 0 Å². The lowest BCUT2D eigenvalue weighted by Gasteiger charge is -2.43. The highest BCUT2D eigenvalue weighted by molar-refractivity contribution is 7.13. The minimum Gasteiger partial charge on any atom is -0.444 e. The van der Waals surface area contributed by atoms with Crippen LogP contribution in [0, 0.1) is 17.6 Å². The Balaban J connectivity index is 0.00000131. The third kappa shape index (κ3) is 4.39. The van der Waals surface area contributed by atoms with E-state index in [4.69, 9.17) is 4.74 Å². The highest BCUT2D eigenvalue weighted by atomic mass is 35.5. The lowest BCUT2D eigenvalue weighted by atomic mass is 9.86. The van der Waals surface area contributed by atoms with Gasteiger partial charge in [0.1, 0.15) is 17.7 Å². The highest BCUT2D eigenvalue weighted by Gasteiger charge is 2.36. The van der Waals surface area contributed by atoms with Gasteiger partial charge in [-0.25, -0.2) is 18.6 Å². The van der Waals surface area contributed by atoms with Gasteiger partial charge in [0.05, 0.1) is 16.0 Å². The van der Waals surface area contributed by atoms with E-state index in [1.165, 1.54) is 23.7 Å². The summed E-state index contributed by atoms with van der Waals surface area (Å²) < 4.78 is 33.5. The average Bonchev–Trinajstić information content (AvgIpc) is 3.03. The van der Waals surface area contributed by atoms with Crippen molar-refractivity contribution in [1.29, 1.82) is 0 Å². The van der Waals surface area contributed by atoms with E-state index in [2.05, 4.69) is 15.2 Å². The number of piperidine rings is 3. The predicted octanol–water partition coefficient (Wildman–Crippen LogP) is 4.79. The minimum atomic E-state index is -0.696. The molecule has 3 aliphatic rings. The van der Waals surface area contributed by atoms with Crippen molar-refractivity contribution in [2.45, 2.75) is 26.4 Å². The van der Waals surface area contributed by atoms with Crippen LogP contribution >= 0.6 is 23.7 Å². The number of ether oxygens (including phenoxy) is 1. The van der Waals surface area contributed by atoms with E-state index in [-0.39, 0.29) is 42.2 Å². The van der Waals surface area contributed by atoms with Crippen LogP contribution in [0.25, 0.3) is 10.4 Å². The topological polar surface area (TPSA) is 54.5 Å². The van der Waals surface area contributed by atoms with Crippen LogP contribution in [0.2, 0.25) is 0 Å². The number of rotatable bonds is 3. The van der Waals surface area contributed by atoms with E-state index in [0.717, 1.165) is 43.8 Å². The maximum absolute atomic E-state index is 14.0. The summed E-state index contributed by atoms with van der Waals surface area (Å²) in [6, 6.07) is 3.64. The first kappa shape index (κ1) is 21.5. The fourth-order valence-corrected chi connectivity index (χ4v) is 4.33. The first-order valence-electron chi connectivity index (χ1n) is 8.19. The zero-order valence-corrected chi connectivity index (χ0v) is 15.4. The summed E-state index contributed by atoms with van der Waals surface area (Å²) in [7, 11) is 0. The number of nitrogens with zero attached hydrogens (tertiary/aromatic N) is 2. The summed E-state index contributed by atoms with van der Waals surface area (Å²) >= 11 is 1.06. The highest BCUT2D eigenvalue weighted by Crippen LogP contribution is 2.35. The molecule has 5 nitrogen and oxygen atoms in total. The molecule has 1 N–H and O–H groups in total. The molecule has 1 aromatic carbocycles. The molecule has 1 atom stereocenters. The second kappa shape index (κ2) is 8.95. The van der Waals surface area contributed by atoms with Gasteiger partial charge in [0.15, 0.2) is 5.82 Å². The summed E-state index contributed by atoms with van der Waals surface area (Å²) in [5.74, 6) is -0.897. The first-order chi connectivity index (χ1) is 12.1. The molecule has 2 bridgehead atoms. The summed E-state index contributed by atoms with van der Waals surface area (Å²) in [6.45, 7) is 2.84. The van der Waals surface area contributed by atoms with E-state index >= 15 is 0 Å². The van der Waals surface area contributed by atoms with Gasteiger partial charge in [-0.2, -0.15) is 0 Å². The number of benzene rings is 1. The van der Waals surface area contributed by atoms with Gasteiger partial charge in [-0.1, -0.05) is 13.5 Å². The van der Waals surface area contributed by atoms with Gasteiger partial charge in [0, 0.05) is 6.54 Å². The van der Waals surface area contributed by atoms with Gasteiger partial charge in [-0.15, -0.1) is 23.7 Å². The zero-order chi connectivity index (χ0) is 17.4. The molecular weight excluding hydrogens is 396 g/mol. The number of fused-ring (bicyclic) bond motifs is 3. The fourth-order valence-electron chi connectivity index (χ4n) is 3.54. The van der Waals surface area contributed by atoms with Crippen molar-refractivity contribution >= 4 is 35.7 Å². The Hall–Kier alpha value is -1.77. The van der Waals surface area contributed by atoms with E-state index in [9.17, 15) is 13.6 Å². The number of halogens is 3. The molecule has 1 amide bonds. The van der Waals surface area contributed by atoms with Crippen LogP contribution in [0.4, 0.5) is 19.4 Å². The van der Waals surface area contributed by atoms with E-state index < -0.39 is 17.7 Å². The molecule has 0 unspecified atom stereocenters. The maximum Gasteiger partial charge on any atom is 0.413 e. The van der Waals surface area contributed by atoms with Crippen LogP contribution in [0.5, 0.6) is 0 Å². The third-order valence-corrected chi connectivity index (χ3v) is 5.68. The van der Waals surface area contributed by atoms with Crippen molar-refractivity contribution < 1.29 is 18.3 Å². The molecule has 3 fully saturated rings. The Labute approximate surface area is 167 Å². The lowest BCUT2D eigenvalue weighted by Crippen LogP contribution is -2.52. The molecule has 0 radical (unpaired) electrons. The average molecular weight is 418 g/mol. The molecule has 2 aromatic rings. The van der Waals surface area contributed by atoms with Crippen LogP contribution in [0.3, 0.4) is 0 Å². The Morgan fingerprint density at radius 3 is 2.52 bits per heavy atom. The SMILES string of the molecule is C.Cl.O=C(Nc1ncsc1-c1c(F)cccc1F)O[C@H]1CN2CCC1CC2. The predicted molar refractivity (Wildman–Crippen MR) is 105 cm³/mol. The number of thiazole rings is 1. The van der Waals surface area contributed by atoms with E-state index in [1.807, 2.05) is 0 Å². The van der Waals surface area contributed by atoms with E-state index in [0.29, 0.717) is 5.92 Å². The molecule has 3 saturated heterocycles. The van der Waals surface area contributed by atoms with Gasteiger partial charge in [0.25, 0.3) is 0 Å². The monoisotopic (exact) mass is 417 g/mol. The second-order valence-electron chi connectivity index (χ2n) is 6.33. The molecule has 1 aromatic heterocycles. The van der Waals surface area contributed by atoms with Gasteiger partial charge < -0.3 is 4.74 Å². The van der Waals surface area contributed by atoms with Crippen LogP contribution in [0.1, 0.15) is 20.3 Å². The van der Waals surface area contributed by atoms with Crippen molar-refractivity contribution in [3.63, 3.8) is 0 Å². The first-order valence-corrected chi connectivity index (χ1v) is 9.07. The van der Waals surface area contributed by atoms with Crippen LogP contribution < -0.4 is 5.32 Å². The summed E-state index contributed by atoms with van der Waals surface area (Å²) in [5, 5.41) is 2.54. The number of carbonyl (C=O) groups excluding carboxylic acids is 1. The number of hydrogen-bond donors (Lipinski definition) is 1. The number of hydrogen-bond acceptors (Lipinski definition) is 5. The van der Waals surface area contributed by atoms with Crippen molar-refractivity contribution in [1.82, 2.24) is 9.88 Å². The smallest absolute Gasteiger partial charge is 0.413 e. The number of aromatic nitrogens is 1. The molecule has 0 aliphatic carbocycles. The van der Waals surface area contributed by atoms with Crippen molar-refractivity contribution in [2.24, 2.45) is 5.92 Å². The van der Waals surface area contributed by atoms with Crippen molar-refractivity contribution in [3.05, 3.63) is 35.3 Å². The maximum atomic E-state index is 14.0. The molecule has 5 rings (SSSR count). The molecule has 27 heavy (non-hydrogen) atoms. The summed E-state index contributed by atoms with van der Waals surface area (Å²) in [5.41, 5.74) is 1.24. The van der Waals surface area contributed by atoms with Gasteiger partial charge in [-0.3, -0.25) is 10.2 Å². The fraction of sp³-hybridized carbons (Fsp3) is 0.444. The van der Waals surface area contributed by atoms with Crippen LogP contribution in [0.15, 0.2) is 23.7 Å². The summed E-state index contributed by atoms with van der Waals surface area (Å²) in [4.78, 5) is 18.8. The molecular formula is C18H22ClF2N3O2S. The number of amides is 1. The lowest BCUT2D eigenvalue weighted by molar-refractivity contribution is -0.0290.